The van der Waals surface area contributed by atoms with Crippen molar-refractivity contribution in [1.82, 2.24) is 0 Å². The van der Waals surface area contributed by atoms with Crippen molar-refractivity contribution in [3.8, 4) is 5.75 Å². The molecule has 0 atom stereocenters. The van der Waals surface area contributed by atoms with Gasteiger partial charge in [-0.25, -0.2) is 0 Å². The summed E-state index contributed by atoms with van der Waals surface area (Å²) in [5.74, 6) is 0.796. The van der Waals surface area contributed by atoms with Gasteiger partial charge in [-0.2, -0.15) is 0 Å². The third kappa shape index (κ3) is 4.71. The molecule has 0 radical (unpaired) electrons. The van der Waals surface area contributed by atoms with Gasteiger partial charge in [0, 0.05) is 6.07 Å². The molecule has 26 heavy (non-hydrogen) atoms. The maximum atomic E-state index is 10.8. The summed E-state index contributed by atoms with van der Waals surface area (Å²) < 4.78 is 5.76. The van der Waals surface area contributed by atoms with Crippen LogP contribution in [0.1, 0.15) is 16.7 Å². The van der Waals surface area contributed by atoms with Gasteiger partial charge in [0.1, 0.15) is 17.4 Å². The van der Waals surface area contributed by atoms with Crippen LogP contribution in [-0.2, 0) is 6.61 Å². The molecule has 0 aliphatic rings. The van der Waals surface area contributed by atoms with E-state index in [-0.39, 0.29) is 10.7 Å². The highest BCUT2D eigenvalue weighted by molar-refractivity contribution is 6.32. The van der Waals surface area contributed by atoms with E-state index in [9.17, 15) is 10.1 Å². The van der Waals surface area contributed by atoms with Crippen molar-refractivity contribution in [2.45, 2.75) is 6.61 Å². The van der Waals surface area contributed by atoms with Gasteiger partial charge in [0.2, 0.25) is 0 Å². The van der Waals surface area contributed by atoms with Crippen molar-refractivity contribution in [2.75, 3.05) is 0 Å². The van der Waals surface area contributed by atoms with Crippen LogP contribution in [0.25, 0.3) is 12.2 Å². The first-order valence-corrected chi connectivity index (χ1v) is 8.38. The third-order valence-electron chi connectivity index (χ3n) is 3.77. The maximum absolute atomic E-state index is 10.8. The van der Waals surface area contributed by atoms with Gasteiger partial charge in [-0.1, -0.05) is 66.2 Å². The smallest absolute Gasteiger partial charge is 0.287 e. The van der Waals surface area contributed by atoms with Crippen molar-refractivity contribution >= 4 is 29.4 Å². The number of nitro groups is 1. The van der Waals surface area contributed by atoms with Crippen LogP contribution in [0.2, 0.25) is 5.02 Å². The van der Waals surface area contributed by atoms with Gasteiger partial charge in [0.25, 0.3) is 5.69 Å². The predicted octanol–water partition coefficient (Wildman–Crippen LogP) is 6.00. The molecule has 0 aromatic heterocycles. The zero-order chi connectivity index (χ0) is 18.4. The Labute approximate surface area is 156 Å². The van der Waals surface area contributed by atoms with E-state index in [1.807, 2.05) is 66.7 Å². The Bertz CT molecular complexity index is 922. The van der Waals surface area contributed by atoms with Gasteiger partial charge in [-0.15, -0.1) is 0 Å². The standard InChI is InChI=1S/C21H16ClNO3/c22-20-14-17(10-13-21(20)23(24)25)7-6-16-8-11-19(12-9-16)26-15-18-4-2-1-3-5-18/h1-14H,15H2. The lowest BCUT2D eigenvalue weighted by molar-refractivity contribution is -0.384. The molecule has 0 saturated heterocycles. The van der Waals surface area contributed by atoms with Gasteiger partial charge in [0.05, 0.1) is 4.92 Å². The fourth-order valence-electron chi connectivity index (χ4n) is 2.38. The van der Waals surface area contributed by atoms with E-state index < -0.39 is 4.92 Å². The molecule has 0 N–H and O–H groups in total. The molecule has 0 saturated carbocycles. The molecular formula is C21H16ClNO3. The summed E-state index contributed by atoms with van der Waals surface area (Å²) in [5, 5.41) is 10.9. The van der Waals surface area contributed by atoms with Crippen LogP contribution in [-0.4, -0.2) is 4.92 Å². The second-order valence-electron chi connectivity index (χ2n) is 5.64. The van der Waals surface area contributed by atoms with E-state index in [2.05, 4.69) is 0 Å². The average Bonchev–Trinajstić information content (AvgIpc) is 2.66. The summed E-state index contributed by atoms with van der Waals surface area (Å²) in [6.07, 6.45) is 3.77. The van der Waals surface area contributed by atoms with Crippen LogP contribution < -0.4 is 4.74 Å². The Morgan fingerprint density at radius 3 is 2.23 bits per heavy atom. The number of benzene rings is 3. The number of rotatable bonds is 6. The van der Waals surface area contributed by atoms with E-state index in [0.717, 1.165) is 22.4 Å². The minimum Gasteiger partial charge on any atom is -0.489 e. The Balaban J connectivity index is 1.62. The molecule has 0 heterocycles. The molecule has 130 valence electrons. The summed E-state index contributed by atoms with van der Waals surface area (Å²) in [6.45, 7) is 0.525. The fourth-order valence-corrected chi connectivity index (χ4v) is 2.64. The minimum atomic E-state index is -0.496. The first-order valence-electron chi connectivity index (χ1n) is 8.00. The van der Waals surface area contributed by atoms with E-state index in [0.29, 0.717) is 6.61 Å². The van der Waals surface area contributed by atoms with Gasteiger partial charge < -0.3 is 4.74 Å². The first-order chi connectivity index (χ1) is 12.6. The summed E-state index contributed by atoms with van der Waals surface area (Å²) >= 11 is 5.92. The Morgan fingerprint density at radius 2 is 1.58 bits per heavy atom. The zero-order valence-electron chi connectivity index (χ0n) is 13.8. The molecule has 3 aromatic rings. The summed E-state index contributed by atoms with van der Waals surface area (Å²) in [5.41, 5.74) is 2.81. The lowest BCUT2D eigenvalue weighted by Gasteiger charge is -2.06. The van der Waals surface area contributed by atoms with Crippen LogP contribution in [0, 0.1) is 10.1 Å². The van der Waals surface area contributed by atoms with E-state index in [4.69, 9.17) is 16.3 Å². The fraction of sp³-hybridized carbons (Fsp3) is 0.0476. The van der Waals surface area contributed by atoms with Crippen molar-refractivity contribution in [3.05, 3.63) is 105 Å². The number of hydrogen-bond acceptors (Lipinski definition) is 3. The van der Waals surface area contributed by atoms with Crippen LogP contribution >= 0.6 is 11.6 Å². The summed E-state index contributed by atoms with van der Waals surface area (Å²) in [4.78, 5) is 10.3. The molecule has 0 amide bonds. The molecule has 0 fully saturated rings. The van der Waals surface area contributed by atoms with Crippen LogP contribution in [0.4, 0.5) is 5.69 Å². The van der Waals surface area contributed by atoms with Crippen molar-refractivity contribution in [1.29, 1.82) is 0 Å². The lowest BCUT2D eigenvalue weighted by Crippen LogP contribution is -1.94. The number of halogens is 1. The van der Waals surface area contributed by atoms with E-state index in [1.165, 1.54) is 6.07 Å². The highest BCUT2D eigenvalue weighted by Gasteiger charge is 2.10. The molecule has 4 nitrogen and oxygen atoms in total. The number of nitro benzene ring substituents is 1. The monoisotopic (exact) mass is 365 g/mol. The number of hydrogen-bond donors (Lipinski definition) is 0. The predicted molar refractivity (Wildman–Crippen MR) is 104 cm³/mol. The third-order valence-corrected chi connectivity index (χ3v) is 4.07. The highest BCUT2D eigenvalue weighted by Crippen LogP contribution is 2.26. The molecule has 0 aliphatic carbocycles. The van der Waals surface area contributed by atoms with Crippen molar-refractivity contribution in [3.63, 3.8) is 0 Å². The second kappa shape index (κ2) is 8.32. The quantitative estimate of drug-likeness (QED) is 0.306. The van der Waals surface area contributed by atoms with Gasteiger partial charge >= 0.3 is 0 Å². The molecule has 0 bridgehead atoms. The Kier molecular flexibility index (Phi) is 5.66. The molecule has 0 unspecified atom stereocenters. The average molecular weight is 366 g/mol. The topological polar surface area (TPSA) is 52.4 Å². The number of ether oxygens (including phenoxy) is 1. The van der Waals surface area contributed by atoms with Gasteiger partial charge in [-0.3, -0.25) is 10.1 Å². The Morgan fingerprint density at radius 1 is 0.923 bits per heavy atom. The van der Waals surface area contributed by atoms with Gasteiger partial charge in [-0.05, 0) is 41.0 Å². The first kappa shape index (κ1) is 17.7. The van der Waals surface area contributed by atoms with Crippen LogP contribution in [0.15, 0.2) is 72.8 Å². The second-order valence-corrected chi connectivity index (χ2v) is 6.05. The molecule has 0 spiro atoms. The summed E-state index contributed by atoms with van der Waals surface area (Å²) in [6, 6.07) is 22.3. The SMILES string of the molecule is O=[N+]([O-])c1ccc(C=Cc2ccc(OCc3ccccc3)cc2)cc1Cl. The molecule has 0 aliphatic heterocycles. The Hall–Kier alpha value is -3.11. The summed E-state index contributed by atoms with van der Waals surface area (Å²) in [7, 11) is 0. The van der Waals surface area contributed by atoms with Crippen LogP contribution in [0.5, 0.6) is 5.75 Å². The van der Waals surface area contributed by atoms with Crippen molar-refractivity contribution in [2.24, 2.45) is 0 Å². The van der Waals surface area contributed by atoms with E-state index in [1.54, 1.807) is 12.1 Å². The largest absolute Gasteiger partial charge is 0.489 e. The zero-order valence-corrected chi connectivity index (χ0v) is 14.6. The highest BCUT2D eigenvalue weighted by atomic mass is 35.5. The van der Waals surface area contributed by atoms with Crippen molar-refractivity contribution < 1.29 is 9.66 Å². The lowest BCUT2D eigenvalue weighted by atomic mass is 10.1. The molecule has 3 aromatic carbocycles. The number of nitrogens with zero attached hydrogens (tertiary/aromatic N) is 1. The molecular weight excluding hydrogens is 350 g/mol. The van der Waals surface area contributed by atoms with Gasteiger partial charge in [0.15, 0.2) is 0 Å². The maximum Gasteiger partial charge on any atom is 0.287 e. The van der Waals surface area contributed by atoms with Crippen LogP contribution in [0.3, 0.4) is 0 Å². The molecule has 5 heteroatoms. The normalized spacial score (nSPS) is 10.8. The molecule has 3 rings (SSSR count). The van der Waals surface area contributed by atoms with E-state index >= 15 is 0 Å². The minimum absolute atomic E-state index is 0.0938.